The van der Waals surface area contributed by atoms with E-state index in [-0.39, 0.29) is 5.91 Å². The monoisotopic (exact) mass is 215 g/mol. The van der Waals surface area contributed by atoms with E-state index in [1.165, 1.54) is 0 Å². The number of carbonyl (C=O) groups is 1. The van der Waals surface area contributed by atoms with E-state index < -0.39 is 0 Å². The van der Waals surface area contributed by atoms with E-state index in [1.54, 1.807) is 0 Å². The van der Waals surface area contributed by atoms with E-state index in [9.17, 15) is 4.79 Å². The smallest absolute Gasteiger partial charge is 0.221 e. The lowest BCUT2D eigenvalue weighted by Gasteiger charge is -2.22. The molecule has 0 bridgehead atoms. The van der Waals surface area contributed by atoms with Gasteiger partial charge < -0.3 is 15.5 Å². The first-order valence-corrected chi connectivity index (χ1v) is 5.44. The van der Waals surface area contributed by atoms with Crippen LogP contribution in [0.5, 0.6) is 0 Å². The average molecular weight is 215 g/mol. The van der Waals surface area contributed by atoms with Gasteiger partial charge in [-0.25, -0.2) is 0 Å². The zero-order chi connectivity index (χ0) is 10.4. The Labute approximate surface area is 90.0 Å². The molecule has 80 valence electrons. The lowest BCUT2D eigenvalue weighted by atomic mass is 10.4. The molecule has 1 rings (SSSR count). The quantitative estimate of drug-likeness (QED) is 0.641. The van der Waals surface area contributed by atoms with E-state index in [1.807, 2.05) is 4.90 Å². The minimum Gasteiger partial charge on any atom is -0.363 e. The Morgan fingerprint density at radius 2 is 2.43 bits per heavy atom. The second kappa shape index (κ2) is 5.80. The molecule has 0 spiro atoms. The molecule has 2 N–H and O–H groups in total. The van der Waals surface area contributed by atoms with Gasteiger partial charge in [0.05, 0.1) is 0 Å². The van der Waals surface area contributed by atoms with Crippen LogP contribution in [0.15, 0.2) is 0 Å². The van der Waals surface area contributed by atoms with Gasteiger partial charge in [-0.05, 0) is 18.6 Å². The Balaban J connectivity index is 2.35. The zero-order valence-corrected chi connectivity index (χ0v) is 9.32. The molecule has 4 nitrogen and oxygen atoms in total. The highest BCUT2D eigenvalue weighted by molar-refractivity contribution is 7.80. The standard InChI is InChI=1S/C9H17N3OS/c1-2-4-11-9(14)12-6-3-8(13)10-5-7-12/h2-7H2,1H3,(H,10,13)(H,11,14). The van der Waals surface area contributed by atoms with Crippen LogP contribution >= 0.6 is 12.2 Å². The molecule has 0 aromatic carbocycles. The van der Waals surface area contributed by atoms with E-state index in [2.05, 4.69) is 17.6 Å². The van der Waals surface area contributed by atoms with Gasteiger partial charge in [-0.3, -0.25) is 4.79 Å². The molecule has 1 fully saturated rings. The highest BCUT2D eigenvalue weighted by Gasteiger charge is 2.14. The fourth-order valence-corrected chi connectivity index (χ4v) is 1.60. The maximum atomic E-state index is 11.1. The predicted octanol–water partition coefficient (Wildman–Crippen LogP) is 0.0928. The van der Waals surface area contributed by atoms with Crippen LogP contribution in [0.25, 0.3) is 0 Å². The molecular formula is C9H17N3OS. The molecule has 5 heteroatoms. The molecular weight excluding hydrogens is 198 g/mol. The van der Waals surface area contributed by atoms with Crippen molar-refractivity contribution >= 4 is 23.2 Å². The van der Waals surface area contributed by atoms with Crippen LogP contribution < -0.4 is 10.6 Å². The van der Waals surface area contributed by atoms with Gasteiger partial charge in [0.2, 0.25) is 5.91 Å². The first kappa shape index (κ1) is 11.2. The molecule has 1 amide bonds. The summed E-state index contributed by atoms with van der Waals surface area (Å²) < 4.78 is 0. The molecule has 1 heterocycles. The Kier molecular flexibility index (Phi) is 4.65. The maximum absolute atomic E-state index is 11.1. The van der Waals surface area contributed by atoms with Crippen LogP contribution in [0, 0.1) is 0 Å². The summed E-state index contributed by atoms with van der Waals surface area (Å²) in [6.07, 6.45) is 1.60. The van der Waals surface area contributed by atoms with Gasteiger partial charge in [0.15, 0.2) is 5.11 Å². The lowest BCUT2D eigenvalue weighted by Crippen LogP contribution is -2.41. The maximum Gasteiger partial charge on any atom is 0.221 e. The molecule has 0 atom stereocenters. The highest BCUT2D eigenvalue weighted by Crippen LogP contribution is 1.97. The van der Waals surface area contributed by atoms with Crippen molar-refractivity contribution in [1.82, 2.24) is 15.5 Å². The van der Waals surface area contributed by atoms with Gasteiger partial charge >= 0.3 is 0 Å². The predicted molar refractivity (Wildman–Crippen MR) is 60.1 cm³/mol. The van der Waals surface area contributed by atoms with Crippen molar-refractivity contribution in [2.45, 2.75) is 19.8 Å². The fraction of sp³-hybridized carbons (Fsp3) is 0.778. The molecule has 0 aromatic rings. The van der Waals surface area contributed by atoms with Crippen molar-refractivity contribution in [1.29, 1.82) is 0 Å². The zero-order valence-electron chi connectivity index (χ0n) is 8.51. The molecule has 0 aromatic heterocycles. The van der Waals surface area contributed by atoms with Crippen LogP contribution in [0.1, 0.15) is 19.8 Å². The molecule has 0 unspecified atom stereocenters. The van der Waals surface area contributed by atoms with E-state index in [0.717, 1.165) is 31.2 Å². The van der Waals surface area contributed by atoms with Crippen molar-refractivity contribution in [2.75, 3.05) is 26.2 Å². The van der Waals surface area contributed by atoms with Crippen LogP contribution in [-0.4, -0.2) is 42.1 Å². The number of rotatable bonds is 2. The Morgan fingerprint density at radius 1 is 1.64 bits per heavy atom. The number of nitrogens with zero attached hydrogens (tertiary/aromatic N) is 1. The van der Waals surface area contributed by atoms with Gasteiger partial charge in [0, 0.05) is 32.6 Å². The van der Waals surface area contributed by atoms with Gasteiger partial charge in [-0.2, -0.15) is 0 Å². The molecule has 0 aliphatic carbocycles. The minimum atomic E-state index is 0.116. The van der Waals surface area contributed by atoms with Crippen molar-refractivity contribution in [3.05, 3.63) is 0 Å². The minimum absolute atomic E-state index is 0.116. The van der Waals surface area contributed by atoms with Crippen molar-refractivity contribution in [3.63, 3.8) is 0 Å². The number of thiocarbonyl (C=S) groups is 1. The molecule has 0 radical (unpaired) electrons. The molecule has 0 saturated carbocycles. The van der Waals surface area contributed by atoms with Gasteiger partial charge in [-0.15, -0.1) is 0 Å². The third-order valence-corrected chi connectivity index (χ3v) is 2.53. The Bertz CT molecular complexity index is 220. The summed E-state index contributed by atoms with van der Waals surface area (Å²) in [5, 5.41) is 6.75. The number of nitrogens with one attached hydrogen (secondary N) is 2. The van der Waals surface area contributed by atoms with E-state index >= 15 is 0 Å². The third kappa shape index (κ3) is 3.49. The molecule has 1 aliphatic rings. The van der Waals surface area contributed by atoms with Crippen LogP contribution in [0.3, 0.4) is 0 Å². The first-order chi connectivity index (χ1) is 6.74. The van der Waals surface area contributed by atoms with E-state index in [0.29, 0.717) is 13.0 Å². The number of carbonyl (C=O) groups excluding carboxylic acids is 1. The third-order valence-electron chi connectivity index (χ3n) is 2.13. The SMILES string of the molecule is CCCNC(=S)N1CCNC(=O)CC1. The van der Waals surface area contributed by atoms with Crippen molar-refractivity contribution in [3.8, 4) is 0 Å². The van der Waals surface area contributed by atoms with Crippen molar-refractivity contribution < 1.29 is 4.79 Å². The summed E-state index contributed by atoms with van der Waals surface area (Å²) in [5.41, 5.74) is 0. The second-order valence-corrected chi connectivity index (χ2v) is 3.71. The van der Waals surface area contributed by atoms with Crippen LogP contribution in [-0.2, 0) is 4.79 Å². The fourth-order valence-electron chi connectivity index (χ4n) is 1.31. The van der Waals surface area contributed by atoms with Crippen molar-refractivity contribution in [2.24, 2.45) is 0 Å². The summed E-state index contributed by atoms with van der Waals surface area (Å²) in [4.78, 5) is 13.1. The largest absolute Gasteiger partial charge is 0.363 e. The second-order valence-electron chi connectivity index (χ2n) is 3.32. The van der Waals surface area contributed by atoms with Gasteiger partial charge in [0.25, 0.3) is 0 Å². The first-order valence-electron chi connectivity index (χ1n) is 5.03. The van der Waals surface area contributed by atoms with Gasteiger partial charge in [0.1, 0.15) is 0 Å². The average Bonchev–Trinajstić information content (AvgIpc) is 2.39. The molecule has 14 heavy (non-hydrogen) atoms. The molecule has 1 aliphatic heterocycles. The summed E-state index contributed by atoms with van der Waals surface area (Å²) in [7, 11) is 0. The van der Waals surface area contributed by atoms with E-state index in [4.69, 9.17) is 12.2 Å². The Hall–Kier alpha value is -0.840. The summed E-state index contributed by atoms with van der Waals surface area (Å²) >= 11 is 5.21. The van der Waals surface area contributed by atoms with Crippen LogP contribution in [0.2, 0.25) is 0 Å². The number of hydrogen-bond donors (Lipinski definition) is 2. The van der Waals surface area contributed by atoms with Crippen LogP contribution in [0.4, 0.5) is 0 Å². The summed E-state index contributed by atoms with van der Waals surface area (Å²) in [6, 6.07) is 0. The summed E-state index contributed by atoms with van der Waals surface area (Å²) in [5.74, 6) is 0.116. The summed E-state index contributed by atoms with van der Waals surface area (Å²) in [6.45, 7) is 5.22. The normalized spacial score (nSPS) is 17.2. The molecule has 1 saturated heterocycles. The number of hydrogen-bond acceptors (Lipinski definition) is 2. The number of amides is 1. The Morgan fingerprint density at radius 3 is 3.14 bits per heavy atom. The lowest BCUT2D eigenvalue weighted by molar-refractivity contribution is -0.120. The topological polar surface area (TPSA) is 44.4 Å². The highest BCUT2D eigenvalue weighted by atomic mass is 32.1. The van der Waals surface area contributed by atoms with Gasteiger partial charge in [-0.1, -0.05) is 6.92 Å².